The third-order valence-electron chi connectivity index (χ3n) is 1.71. The molecule has 1 aromatic carbocycles. The van der Waals surface area contributed by atoms with Gasteiger partial charge in [-0.3, -0.25) is 4.79 Å². The van der Waals surface area contributed by atoms with Crippen LogP contribution in [0.5, 0.6) is 0 Å². The van der Waals surface area contributed by atoms with E-state index in [0.29, 0.717) is 5.56 Å². The van der Waals surface area contributed by atoms with Crippen LogP contribution >= 0.6 is 11.6 Å². The van der Waals surface area contributed by atoms with Gasteiger partial charge in [-0.15, -0.1) is 0 Å². The van der Waals surface area contributed by atoms with Crippen LogP contribution in [0.1, 0.15) is 12.0 Å². The topological polar surface area (TPSA) is 97.5 Å². The summed E-state index contributed by atoms with van der Waals surface area (Å²) >= 11 is 5.71. The number of primary sulfonamides is 1. The Morgan fingerprint density at radius 2 is 2.12 bits per heavy atom. The van der Waals surface area contributed by atoms with Crippen molar-refractivity contribution in [1.29, 1.82) is 0 Å². The van der Waals surface area contributed by atoms with Crippen LogP contribution in [0.25, 0.3) is 0 Å². The number of sulfonamides is 1. The minimum Gasteiger partial charge on any atom is -0.481 e. The number of carboxylic acids is 1. The first kappa shape index (κ1) is 13.5. The van der Waals surface area contributed by atoms with Gasteiger partial charge in [-0.2, -0.15) is 0 Å². The molecule has 0 radical (unpaired) electrons. The summed E-state index contributed by atoms with van der Waals surface area (Å²) in [5.74, 6) is 3.90. The van der Waals surface area contributed by atoms with Crippen molar-refractivity contribution < 1.29 is 18.3 Å². The predicted molar refractivity (Wildman–Crippen MR) is 62.0 cm³/mol. The number of carboxylic acid groups (broad SMARTS) is 1. The predicted octanol–water partition coefficient (Wildman–Crippen LogP) is 0.814. The van der Waals surface area contributed by atoms with Gasteiger partial charge in [0.1, 0.15) is 11.3 Å². The van der Waals surface area contributed by atoms with Gasteiger partial charge in [-0.25, -0.2) is 13.6 Å². The van der Waals surface area contributed by atoms with Gasteiger partial charge in [0.25, 0.3) is 0 Å². The van der Waals surface area contributed by atoms with Crippen LogP contribution < -0.4 is 5.14 Å². The van der Waals surface area contributed by atoms with Crippen LogP contribution in [0.15, 0.2) is 23.1 Å². The lowest BCUT2D eigenvalue weighted by atomic mass is 10.2. The molecule has 0 aliphatic heterocycles. The van der Waals surface area contributed by atoms with Crippen molar-refractivity contribution in [3.63, 3.8) is 0 Å². The lowest BCUT2D eigenvalue weighted by molar-refractivity contribution is -0.135. The molecule has 0 amide bonds. The standard InChI is InChI=1S/C10H8ClNO4S/c11-8-6-7(2-1-3-10(13)14)4-5-9(8)17(12,15)16/h4-6H,3H2,(H,13,14)(H2,12,15,16). The number of hydrogen-bond donors (Lipinski definition) is 2. The van der Waals surface area contributed by atoms with Crippen molar-refractivity contribution in [3.05, 3.63) is 28.8 Å². The van der Waals surface area contributed by atoms with E-state index in [0.717, 1.165) is 0 Å². The summed E-state index contributed by atoms with van der Waals surface area (Å²) in [6, 6.07) is 3.94. The number of carbonyl (C=O) groups is 1. The molecule has 0 aromatic heterocycles. The molecule has 0 saturated carbocycles. The number of benzene rings is 1. The number of halogens is 1. The molecule has 5 nitrogen and oxygen atoms in total. The maximum absolute atomic E-state index is 11.0. The second-order valence-electron chi connectivity index (χ2n) is 3.06. The first-order valence-corrected chi connectivity index (χ1v) is 6.26. The van der Waals surface area contributed by atoms with Crippen LogP contribution in [0.2, 0.25) is 5.02 Å². The van der Waals surface area contributed by atoms with Crippen LogP contribution in [-0.2, 0) is 14.8 Å². The van der Waals surface area contributed by atoms with E-state index in [4.69, 9.17) is 21.8 Å². The summed E-state index contributed by atoms with van der Waals surface area (Å²) in [4.78, 5) is 10.0. The zero-order valence-electron chi connectivity index (χ0n) is 8.47. The van der Waals surface area contributed by atoms with Crippen molar-refractivity contribution in [2.24, 2.45) is 5.14 Å². The third-order valence-corrected chi connectivity index (χ3v) is 3.10. The Kier molecular flexibility index (Phi) is 4.12. The zero-order valence-corrected chi connectivity index (χ0v) is 10.0. The highest BCUT2D eigenvalue weighted by Crippen LogP contribution is 2.20. The summed E-state index contributed by atoms with van der Waals surface area (Å²) < 4.78 is 22.1. The Morgan fingerprint density at radius 3 is 2.59 bits per heavy atom. The van der Waals surface area contributed by atoms with Gasteiger partial charge in [-0.1, -0.05) is 23.4 Å². The van der Waals surface area contributed by atoms with Crippen molar-refractivity contribution in [2.45, 2.75) is 11.3 Å². The molecule has 0 aliphatic rings. The lowest BCUT2D eigenvalue weighted by Gasteiger charge is -2.01. The highest BCUT2D eigenvalue weighted by atomic mass is 35.5. The highest BCUT2D eigenvalue weighted by molar-refractivity contribution is 7.89. The molecule has 1 rings (SSSR count). The van der Waals surface area contributed by atoms with Gasteiger partial charge in [0.05, 0.1) is 5.02 Å². The summed E-state index contributed by atoms with van der Waals surface area (Å²) in [6.07, 6.45) is -0.297. The van der Waals surface area contributed by atoms with Crippen LogP contribution in [0, 0.1) is 11.8 Å². The molecule has 1 aromatic rings. The second-order valence-corrected chi connectivity index (χ2v) is 5.00. The molecule has 0 fully saturated rings. The SMILES string of the molecule is NS(=O)(=O)c1ccc(C#CCC(=O)O)cc1Cl. The summed E-state index contributed by atoms with van der Waals surface area (Å²) in [7, 11) is -3.86. The molecule has 17 heavy (non-hydrogen) atoms. The zero-order chi connectivity index (χ0) is 13.1. The summed E-state index contributed by atoms with van der Waals surface area (Å²) in [5, 5.41) is 13.2. The van der Waals surface area contributed by atoms with E-state index in [1.54, 1.807) is 0 Å². The largest absolute Gasteiger partial charge is 0.481 e. The maximum Gasteiger partial charge on any atom is 0.315 e. The minimum absolute atomic E-state index is 0.0466. The fraction of sp³-hybridized carbons (Fsp3) is 0.100. The second kappa shape index (κ2) is 5.19. The van der Waals surface area contributed by atoms with E-state index < -0.39 is 16.0 Å². The van der Waals surface area contributed by atoms with Crippen LogP contribution in [-0.4, -0.2) is 19.5 Å². The first-order chi connectivity index (χ1) is 7.80. The van der Waals surface area contributed by atoms with Crippen molar-refractivity contribution in [2.75, 3.05) is 0 Å². The molecule has 0 saturated heterocycles. The van der Waals surface area contributed by atoms with E-state index in [2.05, 4.69) is 11.8 Å². The minimum atomic E-state index is -3.86. The van der Waals surface area contributed by atoms with E-state index >= 15 is 0 Å². The van der Waals surface area contributed by atoms with Crippen LogP contribution in [0.4, 0.5) is 0 Å². The molecular weight excluding hydrogens is 266 g/mol. The molecule has 0 aliphatic carbocycles. The Hall–Kier alpha value is -1.55. The van der Waals surface area contributed by atoms with Crippen LogP contribution in [0.3, 0.4) is 0 Å². The quantitative estimate of drug-likeness (QED) is 0.779. The van der Waals surface area contributed by atoms with Crippen molar-refractivity contribution in [3.8, 4) is 11.8 Å². The van der Waals surface area contributed by atoms with Crippen molar-refractivity contribution in [1.82, 2.24) is 0 Å². The molecule has 0 bridgehead atoms. The van der Waals surface area contributed by atoms with Crippen molar-refractivity contribution >= 4 is 27.6 Å². The fourth-order valence-electron chi connectivity index (χ4n) is 1.03. The van der Waals surface area contributed by atoms with E-state index in [1.165, 1.54) is 18.2 Å². The van der Waals surface area contributed by atoms with Gasteiger partial charge >= 0.3 is 5.97 Å². The molecule has 0 spiro atoms. The molecule has 7 heteroatoms. The van der Waals surface area contributed by atoms with Gasteiger partial charge in [0.15, 0.2) is 0 Å². The number of nitrogens with two attached hydrogens (primary N) is 1. The number of rotatable bonds is 2. The molecule has 0 atom stereocenters. The van der Waals surface area contributed by atoms with E-state index in [9.17, 15) is 13.2 Å². The normalized spacial score (nSPS) is 10.5. The average molecular weight is 274 g/mol. The number of hydrogen-bond acceptors (Lipinski definition) is 3. The summed E-state index contributed by atoms with van der Waals surface area (Å²) in [6.45, 7) is 0. The Labute approximate surface area is 103 Å². The Bertz CT molecular complexity index is 613. The molecule has 0 heterocycles. The Morgan fingerprint density at radius 1 is 1.47 bits per heavy atom. The Balaban J connectivity index is 3.04. The van der Waals surface area contributed by atoms with E-state index in [-0.39, 0.29) is 16.3 Å². The molecule has 0 unspecified atom stereocenters. The van der Waals surface area contributed by atoms with Gasteiger partial charge in [-0.05, 0) is 18.2 Å². The molecule has 3 N–H and O–H groups in total. The number of aliphatic carboxylic acids is 1. The van der Waals surface area contributed by atoms with Gasteiger partial charge in [0, 0.05) is 5.56 Å². The van der Waals surface area contributed by atoms with Gasteiger partial charge < -0.3 is 5.11 Å². The maximum atomic E-state index is 11.0. The first-order valence-electron chi connectivity index (χ1n) is 4.34. The average Bonchev–Trinajstić information content (AvgIpc) is 2.14. The highest BCUT2D eigenvalue weighted by Gasteiger charge is 2.12. The molecule has 90 valence electrons. The van der Waals surface area contributed by atoms with Gasteiger partial charge in [0.2, 0.25) is 10.0 Å². The summed E-state index contributed by atoms with van der Waals surface area (Å²) in [5.41, 5.74) is 0.420. The molecular formula is C10H8ClNO4S. The lowest BCUT2D eigenvalue weighted by Crippen LogP contribution is -2.12. The smallest absolute Gasteiger partial charge is 0.315 e. The monoisotopic (exact) mass is 273 g/mol. The fourth-order valence-corrected chi connectivity index (χ4v) is 2.12. The van der Waals surface area contributed by atoms with E-state index in [1.807, 2.05) is 0 Å². The third kappa shape index (κ3) is 4.07.